The number of hydrogen-bond acceptors (Lipinski definition) is 3. The molecule has 0 aliphatic rings. The van der Waals surface area contributed by atoms with Gasteiger partial charge in [-0.05, 0) is 43.7 Å². The van der Waals surface area contributed by atoms with Crippen molar-refractivity contribution in [1.82, 2.24) is 9.78 Å². The van der Waals surface area contributed by atoms with E-state index < -0.39 is 0 Å². The molecule has 0 saturated heterocycles. The van der Waals surface area contributed by atoms with Gasteiger partial charge in [0.1, 0.15) is 5.76 Å². The van der Waals surface area contributed by atoms with Crippen LogP contribution in [0.25, 0.3) is 11.3 Å². The van der Waals surface area contributed by atoms with Gasteiger partial charge in [0, 0.05) is 11.3 Å². The van der Waals surface area contributed by atoms with Crippen LogP contribution in [0.15, 0.2) is 46.9 Å². The molecule has 0 saturated carbocycles. The summed E-state index contributed by atoms with van der Waals surface area (Å²) in [7, 11) is 0. The molecule has 106 valence electrons. The Morgan fingerprint density at radius 3 is 2.71 bits per heavy atom. The summed E-state index contributed by atoms with van der Waals surface area (Å²) < 4.78 is 7.44. The topological polar surface area (TPSA) is 48.0 Å². The van der Waals surface area contributed by atoms with Gasteiger partial charge >= 0.3 is 0 Å². The number of hydrogen-bond donors (Lipinski definition) is 0. The van der Waals surface area contributed by atoms with E-state index in [1.807, 2.05) is 36.7 Å². The van der Waals surface area contributed by atoms with Crippen molar-refractivity contribution in [3.8, 4) is 11.3 Å². The lowest BCUT2D eigenvalue weighted by Crippen LogP contribution is -2.03. The zero-order valence-electron chi connectivity index (χ0n) is 12.0. The third-order valence-corrected chi connectivity index (χ3v) is 3.39. The molecule has 0 radical (unpaired) electrons. The molecule has 0 aliphatic heterocycles. The summed E-state index contributed by atoms with van der Waals surface area (Å²) in [5.41, 5.74) is 4.26. The molecular weight excluding hydrogens is 264 g/mol. The maximum absolute atomic E-state index is 10.7. The number of aldehydes is 1. The van der Waals surface area contributed by atoms with E-state index in [1.165, 1.54) is 0 Å². The zero-order valence-corrected chi connectivity index (χ0v) is 12.0. The minimum absolute atomic E-state index is 0.342. The van der Waals surface area contributed by atoms with E-state index in [2.05, 4.69) is 23.3 Å². The van der Waals surface area contributed by atoms with Crippen LogP contribution in [-0.2, 0) is 6.54 Å². The fraction of sp³-hybridized carbons (Fsp3) is 0.176. The molecule has 3 aromatic rings. The maximum Gasteiger partial charge on any atom is 0.185 e. The Morgan fingerprint density at radius 1 is 1.19 bits per heavy atom. The molecule has 2 heterocycles. The molecule has 0 fully saturated rings. The molecule has 0 unspecified atom stereocenters. The van der Waals surface area contributed by atoms with Crippen molar-refractivity contribution < 1.29 is 9.21 Å². The lowest BCUT2D eigenvalue weighted by atomic mass is 10.1. The third-order valence-electron chi connectivity index (χ3n) is 3.39. The van der Waals surface area contributed by atoms with Gasteiger partial charge in [-0.1, -0.05) is 18.2 Å². The van der Waals surface area contributed by atoms with Crippen LogP contribution in [0.5, 0.6) is 0 Å². The second kappa shape index (κ2) is 5.40. The van der Waals surface area contributed by atoms with Gasteiger partial charge < -0.3 is 4.42 Å². The second-order valence-electron chi connectivity index (χ2n) is 5.10. The summed E-state index contributed by atoms with van der Waals surface area (Å²) in [5.74, 6) is 1.04. The molecule has 0 bridgehead atoms. The van der Waals surface area contributed by atoms with E-state index in [1.54, 1.807) is 6.07 Å². The molecule has 0 aliphatic carbocycles. The number of benzene rings is 1. The Labute approximate surface area is 123 Å². The Hall–Kier alpha value is -2.62. The van der Waals surface area contributed by atoms with Crippen LogP contribution >= 0.6 is 0 Å². The lowest BCUT2D eigenvalue weighted by molar-refractivity contribution is 0.110. The monoisotopic (exact) mass is 280 g/mol. The molecule has 0 N–H and O–H groups in total. The first-order chi connectivity index (χ1) is 10.2. The number of rotatable bonds is 4. The lowest BCUT2D eigenvalue weighted by Gasteiger charge is -2.06. The Kier molecular flexibility index (Phi) is 3.44. The van der Waals surface area contributed by atoms with E-state index in [4.69, 9.17) is 4.42 Å². The van der Waals surface area contributed by atoms with Gasteiger partial charge in [0.2, 0.25) is 0 Å². The number of aryl methyl sites for hydroxylation is 2. The van der Waals surface area contributed by atoms with E-state index in [9.17, 15) is 4.79 Å². The molecule has 1 aromatic carbocycles. The molecule has 4 nitrogen and oxygen atoms in total. The number of furan rings is 1. The molecule has 3 rings (SSSR count). The van der Waals surface area contributed by atoms with Crippen molar-refractivity contribution in [2.45, 2.75) is 20.4 Å². The predicted octanol–water partition coefficient (Wildman–Crippen LogP) is 3.62. The first-order valence-corrected chi connectivity index (χ1v) is 6.81. The van der Waals surface area contributed by atoms with Gasteiger partial charge in [-0.15, -0.1) is 0 Å². The Bertz CT molecular complexity index is 784. The number of aromatic nitrogens is 2. The number of carbonyl (C=O) groups is 1. The maximum atomic E-state index is 10.7. The molecule has 21 heavy (non-hydrogen) atoms. The summed E-state index contributed by atoms with van der Waals surface area (Å²) in [6.07, 6.45) is 0.712. The fourth-order valence-corrected chi connectivity index (χ4v) is 2.40. The highest BCUT2D eigenvalue weighted by Crippen LogP contribution is 2.23. The Balaban J connectivity index is 1.89. The quantitative estimate of drug-likeness (QED) is 0.686. The summed E-state index contributed by atoms with van der Waals surface area (Å²) in [4.78, 5) is 10.7. The van der Waals surface area contributed by atoms with Crippen LogP contribution < -0.4 is 0 Å². The van der Waals surface area contributed by atoms with Crippen molar-refractivity contribution >= 4 is 6.29 Å². The average Bonchev–Trinajstić information content (AvgIpc) is 3.06. The van der Waals surface area contributed by atoms with Crippen LogP contribution in [0, 0.1) is 13.8 Å². The smallest absolute Gasteiger partial charge is 0.185 e. The van der Waals surface area contributed by atoms with Gasteiger partial charge in [0.05, 0.1) is 12.2 Å². The van der Waals surface area contributed by atoms with Gasteiger partial charge in [-0.3, -0.25) is 9.48 Å². The summed E-state index contributed by atoms with van der Waals surface area (Å²) in [6, 6.07) is 13.6. The normalized spacial score (nSPS) is 10.8. The van der Waals surface area contributed by atoms with Crippen LogP contribution in [-0.4, -0.2) is 16.1 Å². The Morgan fingerprint density at radius 2 is 2.05 bits per heavy atom. The second-order valence-corrected chi connectivity index (χ2v) is 5.10. The van der Waals surface area contributed by atoms with Crippen LogP contribution in [0.2, 0.25) is 0 Å². The fourth-order valence-electron chi connectivity index (χ4n) is 2.40. The van der Waals surface area contributed by atoms with E-state index in [0.29, 0.717) is 17.8 Å². The standard InChI is InChI=1S/C17H16N2O2/c1-12-8-13(2)19(18-12)10-14-4-3-5-15(9-14)17-7-6-16(11-20)21-17/h3-9,11H,10H2,1-2H3. The zero-order chi connectivity index (χ0) is 14.8. The molecular formula is C17H16N2O2. The first kappa shape index (κ1) is 13.4. The van der Waals surface area contributed by atoms with Gasteiger partial charge in [0.15, 0.2) is 12.0 Å². The van der Waals surface area contributed by atoms with Gasteiger partial charge in [-0.2, -0.15) is 5.10 Å². The molecule has 0 atom stereocenters. The van der Waals surface area contributed by atoms with Gasteiger partial charge in [0.25, 0.3) is 0 Å². The van der Waals surface area contributed by atoms with E-state index in [0.717, 1.165) is 29.1 Å². The molecule has 2 aromatic heterocycles. The van der Waals surface area contributed by atoms with Crippen molar-refractivity contribution in [3.05, 3.63) is 65.2 Å². The van der Waals surface area contributed by atoms with Crippen LogP contribution in [0.4, 0.5) is 0 Å². The van der Waals surface area contributed by atoms with Crippen LogP contribution in [0.1, 0.15) is 27.5 Å². The first-order valence-electron chi connectivity index (χ1n) is 6.81. The molecule has 0 spiro atoms. The SMILES string of the molecule is Cc1cc(C)n(Cc2cccc(-c3ccc(C=O)o3)c2)n1. The predicted molar refractivity (Wildman–Crippen MR) is 80.3 cm³/mol. The summed E-state index contributed by atoms with van der Waals surface area (Å²) in [5, 5.41) is 4.47. The van der Waals surface area contributed by atoms with Crippen LogP contribution in [0.3, 0.4) is 0 Å². The minimum atomic E-state index is 0.342. The van der Waals surface area contributed by atoms with Gasteiger partial charge in [-0.25, -0.2) is 0 Å². The van der Waals surface area contributed by atoms with E-state index in [-0.39, 0.29) is 0 Å². The molecule has 4 heteroatoms. The number of carbonyl (C=O) groups excluding carboxylic acids is 1. The largest absolute Gasteiger partial charge is 0.453 e. The number of nitrogens with zero attached hydrogens (tertiary/aromatic N) is 2. The van der Waals surface area contributed by atoms with Crippen molar-refractivity contribution in [2.24, 2.45) is 0 Å². The highest BCUT2D eigenvalue weighted by Gasteiger charge is 2.07. The van der Waals surface area contributed by atoms with E-state index >= 15 is 0 Å². The highest BCUT2D eigenvalue weighted by molar-refractivity contribution is 5.72. The summed E-state index contributed by atoms with van der Waals surface area (Å²) in [6.45, 7) is 4.76. The summed E-state index contributed by atoms with van der Waals surface area (Å²) >= 11 is 0. The minimum Gasteiger partial charge on any atom is -0.453 e. The third kappa shape index (κ3) is 2.79. The highest BCUT2D eigenvalue weighted by atomic mass is 16.3. The average molecular weight is 280 g/mol. The molecule has 0 amide bonds. The van der Waals surface area contributed by atoms with Crippen molar-refractivity contribution in [2.75, 3.05) is 0 Å². The van der Waals surface area contributed by atoms with Crippen molar-refractivity contribution in [1.29, 1.82) is 0 Å². The van der Waals surface area contributed by atoms with Crippen molar-refractivity contribution in [3.63, 3.8) is 0 Å².